The fourth-order valence-electron chi connectivity index (χ4n) is 1.30. The summed E-state index contributed by atoms with van der Waals surface area (Å²) in [5.74, 6) is 0.965. The van der Waals surface area contributed by atoms with E-state index in [2.05, 4.69) is 10.2 Å². The molecule has 0 spiro atoms. The maximum Gasteiger partial charge on any atom is 0.153 e. The van der Waals surface area contributed by atoms with Gasteiger partial charge in [-0.05, 0) is 12.1 Å². The van der Waals surface area contributed by atoms with Gasteiger partial charge in [0, 0.05) is 13.0 Å². The van der Waals surface area contributed by atoms with Crippen molar-refractivity contribution in [3.63, 3.8) is 0 Å². The van der Waals surface area contributed by atoms with Crippen LogP contribution in [0, 0.1) is 0 Å². The number of hydrogen-bond donors (Lipinski definition) is 0. The highest BCUT2D eigenvalue weighted by molar-refractivity contribution is 6.29. The Morgan fingerprint density at radius 1 is 1.38 bits per heavy atom. The minimum Gasteiger partial charge on any atom is -0.347 e. The summed E-state index contributed by atoms with van der Waals surface area (Å²) in [6.45, 7) is 1.17. The van der Waals surface area contributed by atoms with Crippen molar-refractivity contribution < 1.29 is 4.79 Å². The zero-order chi connectivity index (χ0) is 9.26. The van der Waals surface area contributed by atoms with Gasteiger partial charge in [-0.3, -0.25) is 4.79 Å². The lowest BCUT2D eigenvalue weighted by atomic mass is 10.4. The number of nitrogens with zero attached hydrogens (tertiary/aromatic N) is 3. The second-order valence-corrected chi connectivity index (χ2v) is 3.31. The van der Waals surface area contributed by atoms with Crippen molar-refractivity contribution in [3.8, 4) is 0 Å². The molecule has 0 atom stereocenters. The molecule has 0 radical (unpaired) electrons. The van der Waals surface area contributed by atoms with Crippen molar-refractivity contribution in [2.45, 2.75) is 6.42 Å². The van der Waals surface area contributed by atoms with Crippen molar-refractivity contribution in [1.82, 2.24) is 10.2 Å². The van der Waals surface area contributed by atoms with Crippen LogP contribution in [0.25, 0.3) is 0 Å². The molecule has 0 aliphatic carbocycles. The van der Waals surface area contributed by atoms with Crippen LogP contribution in [0.4, 0.5) is 5.82 Å². The molecule has 0 unspecified atom stereocenters. The van der Waals surface area contributed by atoms with Crippen LogP contribution >= 0.6 is 11.6 Å². The van der Waals surface area contributed by atoms with E-state index in [4.69, 9.17) is 11.6 Å². The number of halogens is 1. The highest BCUT2D eigenvalue weighted by Crippen LogP contribution is 2.15. The van der Waals surface area contributed by atoms with Crippen LogP contribution in [0.15, 0.2) is 12.1 Å². The van der Waals surface area contributed by atoms with E-state index >= 15 is 0 Å². The van der Waals surface area contributed by atoms with Gasteiger partial charge < -0.3 is 4.90 Å². The van der Waals surface area contributed by atoms with E-state index in [9.17, 15) is 4.79 Å². The van der Waals surface area contributed by atoms with E-state index in [1.807, 2.05) is 4.90 Å². The molecule has 5 heteroatoms. The number of anilines is 1. The summed E-state index contributed by atoms with van der Waals surface area (Å²) >= 11 is 5.59. The van der Waals surface area contributed by atoms with Gasteiger partial charge in [-0.1, -0.05) is 11.6 Å². The van der Waals surface area contributed by atoms with Crippen LogP contribution in [0.5, 0.6) is 0 Å². The molecule has 1 aliphatic rings. The van der Waals surface area contributed by atoms with E-state index in [0.717, 1.165) is 12.4 Å². The first kappa shape index (κ1) is 8.44. The lowest BCUT2D eigenvalue weighted by Gasteiger charge is -2.13. The Hall–Kier alpha value is -1.16. The zero-order valence-electron chi connectivity index (χ0n) is 6.90. The fraction of sp³-hybridized carbons (Fsp3) is 0.375. The first-order valence-corrected chi connectivity index (χ1v) is 4.39. The monoisotopic (exact) mass is 197 g/mol. The summed E-state index contributed by atoms with van der Waals surface area (Å²) in [6.07, 6.45) is 0.601. The van der Waals surface area contributed by atoms with Gasteiger partial charge in [0.15, 0.2) is 16.8 Å². The van der Waals surface area contributed by atoms with Gasteiger partial charge in [-0.25, -0.2) is 0 Å². The molecule has 1 saturated heterocycles. The zero-order valence-corrected chi connectivity index (χ0v) is 7.66. The van der Waals surface area contributed by atoms with Crippen molar-refractivity contribution in [3.05, 3.63) is 17.3 Å². The number of hydrogen-bond acceptors (Lipinski definition) is 4. The highest BCUT2D eigenvalue weighted by atomic mass is 35.5. The van der Waals surface area contributed by atoms with Crippen molar-refractivity contribution in [2.75, 3.05) is 18.0 Å². The fourth-order valence-corrected chi connectivity index (χ4v) is 1.40. The molecule has 2 rings (SSSR count). The Labute approximate surface area is 80.5 Å². The van der Waals surface area contributed by atoms with Gasteiger partial charge in [0.2, 0.25) is 0 Å². The molecule has 2 heterocycles. The second-order valence-electron chi connectivity index (χ2n) is 2.92. The van der Waals surface area contributed by atoms with Crippen LogP contribution in [0.2, 0.25) is 5.15 Å². The third-order valence-electron chi connectivity index (χ3n) is 1.97. The first-order valence-electron chi connectivity index (χ1n) is 4.01. The number of Topliss-reactive ketones (excluding diaryl/α,β-unsaturated/α-hetero) is 1. The lowest BCUT2D eigenvalue weighted by molar-refractivity contribution is -0.116. The predicted octanol–water partition coefficient (Wildman–Crippen LogP) is 0.909. The third kappa shape index (κ3) is 1.78. The van der Waals surface area contributed by atoms with Gasteiger partial charge >= 0.3 is 0 Å². The predicted molar refractivity (Wildman–Crippen MR) is 48.9 cm³/mol. The third-order valence-corrected chi connectivity index (χ3v) is 2.17. The minimum atomic E-state index is 0.247. The molecule has 13 heavy (non-hydrogen) atoms. The average Bonchev–Trinajstić information content (AvgIpc) is 2.53. The number of aromatic nitrogens is 2. The van der Waals surface area contributed by atoms with Crippen LogP contribution in [-0.2, 0) is 4.79 Å². The normalized spacial score (nSPS) is 16.7. The lowest BCUT2D eigenvalue weighted by Crippen LogP contribution is -2.20. The Morgan fingerprint density at radius 2 is 2.23 bits per heavy atom. The van der Waals surface area contributed by atoms with Gasteiger partial charge in [-0.15, -0.1) is 10.2 Å². The molecule has 0 amide bonds. The average molecular weight is 198 g/mol. The second kappa shape index (κ2) is 3.30. The van der Waals surface area contributed by atoms with Gasteiger partial charge in [-0.2, -0.15) is 0 Å². The molecule has 1 aromatic rings. The number of carbonyl (C=O) groups excluding carboxylic acids is 1. The molecule has 4 nitrogen and oxygen atoms in total. The van der Waals surface area contributed by atoms with Crippen LogP contribution in [-0.4, -0.2) is 29.1 Å². The van der Waals surface area contributed by atoms with Crippen LogP contribution in [0.3, 0.4) is 0 Å². The van der Waals surface area contributed by atoms with E-state index in [-0.39, 0.29) is 5.78 Å². The maximum atomic E-state index is 11.0. The molecule has 0 aromatic carbocycles. The molecule has 1 aromatic heterocycles. The Bertz CT molecular complexity index is 325. The summed E-state index contributed by atoms with van der Waals surface area (Å²) in [4.78, 5) is 12.9. The van der Waals surface area contributed by atoms with Crippen molar-refractivity contribution in [1.29, 1.82) is 0 Å². The molecule has 1 aliphatic heterocycles. The standard InChI is InChI=1S/C8H8ClN3O/c9-7-1-2-8(11-10-7)12-4-3-6(13)5-12/h1-2H,3-5H2. The van der Waals surface area contributed by atoms with E-state index < -0.39 is 0 Å². The quantitative estimate of drug-likeness (QED) is 0.672. The summed E-state index contributed by atoms with van der Waals surface area (Å²) < 4.78 is 0. The molecular weight excluding hydrogens is 190 g/mol. The topological polar surface area (TPSA) is 46.1 Å². The SMILES string of the molecule is O=C1CCN(c2ccc(Cl)nn2)C1. The Balaban J connectivity index is 2.17. The molecule has 1 fully saturated rings. The number of rotatable bonds is 1. The molecule has 0 bridgehead atoms. The largest absolute Gasteiger partial charge is 0.347 e. The summed E-state index contributed by atoms with van der Waals surface area (Å²) in [6, 6.07) is 3.45. The van der Waals surface area contributed by atoms with E-state index in [1.165, 1.54) is 0 Å². The number of carbonyl (C=O) groups is 1. The summed E-state index contributed by atoms with van der Waals surface area (Å²) in [5.41, 5.74) is 0. The van der Waals surface area contributed by atoms with Gasteiger partial charge in [0.25, 0.3) is 0 Å². The number of ketones is 1. The first-order chi connectivity index (χ1) is 6.25. The van der Waals surface area contributed by atoms with Crippen molar-refractivity contribution >= 4 is 23.2 Å². The summed E-state index contributed by atoms with van der Waals surface area (Å²) in [5, 5.41) is 7.97. The molecule has 0 N–H and O–H groups in total. The van der Waals surface area contributed by atoms with Gasteiger partial charge in [0.05, 0.1) is 6.54 Å². The van der Waals surface area contributed by atoms with Gasteiger partial charge in [0.1, 0.15) is 0 Å². The van der Waals surface area contributed by atoms with Crippen LogP contribution in [0.1, 0.15) is 6.42 Å². The Morgan fingerprint density at radius 3 is 2.77 bits per heavy atom. The van der Waals surface area contributed by atoms with Crippen LogP contribution < -0.4 is 4.90 Å². The minimum absolute atomic E-state index is 0.247. The van der Waals surface area contributed by atoms with Crippen molar-refractivity contribution in [2.24, 2.45) is 0 Å². The summed E-state index contributed by atoms with van der Waals surface area (Å²) in [7, 11) is 0. The van der Waals surface area contributed by atoms with E-state index in [0.29, 0.717) is 18.1 Å². The highest BCUT2D eigenvalue weighted by Gasteiger charge is 2.20. The maximum absolute atomic E-state index is 11.0. The Kier molecular flexibility index (Phi) is 2.14. The molecule has 0 saturated carbocycles. The van der Waals surface area contributed by atoms with E-state index in [1.54, 1.807) is 12.1 Å². The molecule has 68 valence electrons. The molecular formula is C8H8ClN3O. The smallest absolute Gasteiger partial charge is 0.153 e.